The van der Waals surface area contributed by atoms with E-state index >= 15 is 0 Å². The van der Waals surface area contributed by atoms with Gasteiger partial charge in [-0.05, 0) is 49.2 Å². The van der Waals surface area contributed by atoms with Gasteiger partial charge in [0.15, 0.2) is 17.4 Å². The lowest BCUT2D eigenvalue weighted by atomic mass is 9.98. The number of hydrogen-bond donors (Lipinski definition) is 2. The maximum atomic E-state index is 13.9. The quantitative estimate of drug-likeness (QED) is 0.469. The lowest BCUT2D eigenvalue weighted by molar-refractivity contribution is -0.0282. The lowest BCUT2D eigenvalue weighted by Crippen LogP contribution is -2.28. The van der Waals surface area contributed by atoms with Crippen LogP contribution in [0.3, 0.4) is 0 Å². The first-order valence-corrected chi connectivity index (χ1v) is 10.6. The van der Waals surface area contributed by atoms with E-state index in [-0.39, 0.29) is 24.4 Å². The Bertz CT molecular complexity index is 1260. The molecule has 2 aromatic carbocycles. The maximum absolute atomic E-state index is 13.9. The molecule has 3 N–H and O–H groups in total. The molecule has 4 aromatic rings. The highest BCUT2D eigenvalue weighted by atomic mass is 19.1. The third-order valence-electron chi connectivity index (χ3n) is 5.82. The van der Waals surface area contributed by atoms with Gasteiger partial charge in [-0.3, -0.25) is 4.40 Å². The van der Waals surface area contributed by atoms with Crippen molar-refractivity contribution < 1.29 is 23.4 Å². The van der Waals surface area contributed by atoms with Crippen molar-refractivity contribution in [3.8, 4) is 22.8 Å². The summed E-state index contributed by atoms with van der Waals surface area (Å²) < 4.78 is 40.9. The van der Waals surface area contributed by atoms with Crippen LogP contribution in [-0.2, 0) is 4.74 Å². The Morgan fingerprint density at radius 2 is 1.88 bits per heavy atom. The fraction of sp³-hybridized carbons (Fsp3) is 0.250. The smallest absolute Gasteiger partial charge is 0.198 e. The Labute approximate surface area is 188 Å². The van der Waals surface area contributed by atoms with Crippen LogP contribution in [0.2, 0.25) is 0 Å². The van der Waals surface area contributed by atoms with E-state index in [0.717, 1.165) is 36.4 Å². The van der Waals surface area contributed by atoms with Gasteiger partial charge in [-0.1, -0.05) is 6.07 Å². The number of nitrogen functional groups attached to an aromatic ring is 1. The minimum Gasteiger partial charge on any atom is -0.451 e. The number of para-hydroxylation sites is 1. The summed E-state index contributed by atoms with van der Waals surface area (Å²) in [4.78, 5) is 9.09. The summed E-state index contributed by atoms with van der Waals surface area (Å²) in [5, 5.41) is 9.33. The number of nitrogens with two attached hydrogens (primary N) is 1. The van der Waals surface area contributed by atoms with Crippen LogP contribution in [0, 0.1) is 11.6 Å². The molecule has 0 bridgehead atoms. The molecule has 1 aliphatic rings. The highest BCUT2D eigenvalue weighted by Gasteiger charge is 2.27. The van der Waals surface area contributed by atoms with Gasteiger partial charge in [-0.15, -0.1) is 0 Å². The minimum atomic E-state index is -0.777. The van der Waals surface area contributed by atoms with Crippen LogP contribution >= 0.6 is 0 Å². The Kier molecular flexibility index (Phi) is 5.65. The van der Waals surface area contributed by atoms with Gasteiger partial charge in [0.2, 0.25) is 0 Å². The molecule has 170 valence electrons. The van der Waals surface area contributed by atoms with Gasteiger partial charge in [0, 0.05) is 23.9 Å². The van der Waals surface area contributed by atoms with E-state index in [1.165, 1.54) is 6.07 Å². The Balaban J connectivity index is 1.48. The van der Waals surface area contributed by atoms with Crippen molar-refractivity contribution in [1.82, 2.24) is 14.4 Å². The minimum absolute atomic E-state index is 0.00235. The first kappa shape index (κ1) is 21.3. The molecular weight excluding hydrogens is 430 g/mol. The molecule has 2 atom stereocenters. The summed E-state index contributed by atoms with van der Waals surface area (Å²) in [5.74, 6) is -0.534. The van der Waals surface area contributed by atoms with Crippen molar-refractivity contribution in [1.29, 1.82) is 0 Å². The molecule has 2 aromatic heterocycles. The zero-order valence-corrected chi connectivity index (χ0v) is 17.6. The Morgan fingerprint density at radius 3 is 2.55 bits per heavy atom. The van der Waals surface area contributed by atoms with E-state index in [1.807, 2.05) is 10.6 Å². The molecule has 5 rings (SSSR count). The standard InChI is InChI=1S/C24H22F2N4O3/c25-18-2-1-3-19(26)22(18)33-16-7-4-14(5-8-16)20-21-23(27)28-10-11-30(21)24(29-20)15-6-9-17(12-31)32-13-15/h1-5,7-8,10-11,15,17,31H,6,9,12-13H2,(H2,27,28). The van der Waals surface area contributed by atoms with Crippen molar-refractivity contribution >= 4 is 11.3 Å². The van der Waals surface area contributed by atoms with E-state index in [2.05, 4.69) is 4.98 Å². The predicted octanol–water partition coefficient (Wildman–Crippen LogP) is 4.30. The Hall–Kier alpha value is -3.56. The van der Waals surface area contributed by atoms with Gasteiger partial charge in [0.1, 0.15) is 28.6 Å². The monoisotopic (exact) mass is 452 g/mol. The van der Waals surface area contributed by atoms with Crippen molar-refractivity contribution in [2.45, 2.75) is 24.9 Å². The van der Waals surface area contributed by atoms with E-state index in [0.29, 0.717) is 23.6 Å². The first-order chi connectivity index (χ1) is 16.0. The average Bonchev–Trinajstić information content (AvgIpc) is 3.23. The second-order valence-corrected chi connectivity index (χ2v) is 7.94. The fourth-order valence-electron chi connectivity index (χ4n) is 4.11. The molecule has 0 spiro atoms. The molecule has 7 nitrogen and oxygen atoms in total. The number of aliphatic hydroxyl groups is 1. The van der Waals surface area contributed by atoms with Gasteiger partial charge >= 0.3 is 0 Å². The number of anilines is 1. The van der Waals surface area contributed by atoms with Gasteiger partial charge in [-0.2, -0.15) is 0 Å². The van der Waals surface area contributed by atoms with Crippen molar-refractivity contribution in [3.63, 3.8) is 0 Å². The molecule has 0 saturated carbocycles. The van der Waals surface area contributed by atoms with E-state index in [9.17, 15) is 13.9 Å². The second kappa shape index (κ2) is 8.76. The number of nitrogens with zero attached hydrogens (tertiary/aromatic N) is 3. The topological polar surface area (TPSA) is 94.9 Å². The van der Waals surface area contributed by atoms with Gasteiger partial charge in [0.05, 0.1) is 19.3 Å². The zero-order chi connectivity index (χ0) is 22.9. The van der Waals surface area contributed by atoms with Gasteiger partial charge < -0.3 is 20.3 Å². The summed E-state index contributed by atoms with van der Waals surface area (Å²) in [6.07, 6.45) is 4.86. The lowest BCUT2D eigenvalue weighted by Gasteiger charge is -2.27. The number of aliphatic hydroxyl groups excluding tert-OH is 1. The number of hydrogen-bond acceptors (Lipinski definition) is 6. The van der Waals surface area contributed by atoms with Gasteiger partial charge in [0.25, 0.3) is 0 Å². The molecule has 0 aliphatic carbocycles. The van der Waals surface area contributed by atoms with Crippen molar-refractivity contribution in [3.05, 3.63) is 72.3 Å². The summed E-state index contributed by atoms with van der Waals surface area (Å²) in [6, 6.07) is 10.3. The Morgan fingerprint density at radius 1 is 1.12 bits per heavy atom. The average molecular weight is 452 g/mol. The molecule has 0 radical (unpaired) electrons. The van der Waals surface area contributed by atoms with Gasteiger partial charge in [-0.25, -0.2) is 18.7 Å². The molecule has 3 heterocycles. The second-order valence-electron chi connectivity index (χ2n) is 7.94. The normalized spacial score (nSPS) is 18.5. The number of rotatable bonds is 5. The molecule has 1 saturated heterocycles. The SMILES string of the molecule is Nc1nccn2c(C3CCC(CO)OC3)nc(-c3ccc(Oc4c(F)cccc4F)cc3)c12. The molecule has 9 heteroatoms. The highest BCUT2D eigenvalue weighted by molar-refractivity contribution is 5.85. The van der Waals surface area contributed by atoms with E-state index in [4.69, 9.17) is 20.2 Å². The third-order valence-corrected chi connectivity index (χ3v) is 5.82. The molecule has 0 amide bonds. The maximum Gasteiger partial charge on any atom is 0.198 e. The molecular formula is C24H22F2N4O3. The largest absolute Gasteiger partial charge is 0.451 e. The summed E-state index contributed by atoms with van der Waals surface area (Å²) >= 11 is 0. The fourth-order valence-corrected chi connectivity index (χ4v) is 4.11. The van der Waals surface area contributed by atoms with Crippen LogP contribution in [0.4, 0.5) is 14.6 Å². The zero-order valence-electron chi connectivity index (χ0n) is 17.6. The number of imidazole rings is 1. The van der Waals surface area contributed by atoms with E-state index < -0.39 is 17.4 Å². The number of fused-ring (bicyclic) bond motifs is 1. The number of ether oxygens (including phenoxy) is 2. The van der Waals surface area contributed by atoms with E-state index in [1.54, 1.807) is 30.5 Å². The number of aromatic nitrogens is 3. The van der Waals surface area contributed by atoms with Crippen LogP contribution < -0.4 is 10.5 Å². The van der Waals surface area contributed by atoms with Crippen LogP contribution in [-0.4, -0.2) is 38.8 Å². The van der Waals surface area contributed by atoms with Crippen LogP contribution in [0.5, 0.6) is 11.5 Å². The number of benzene rings is 2. The number of halogens is 2. The van der Waals surface area contributed by atoms with Crippen LogP contribution in [0.25, 0.3) is 16.8 Å². The highest BCUT2D eigenvalue weighted by Crippen LogP contribution is 2.35. The third kappa shape index (κ3) is 4.01. The van der Waals surface area contributed by atoms with Crippen molar-refractivity contribution in [2.24, 2.45) is 0 Å². The molecule has 2 unspecified atom stereocenters. The first-order valence-electron chi connectivity index (χ1n) is 10.6. The molecule has 1 aliphatic heterocycles. The van der Waals surface area contributed by atoms with Crippen LogP contribution in [0.15, 0.2) is 54.9 Å². The summed E-state index contributed by atoms with van der Waals surface area (Å²) in [6.45, 7) is 0.454. The molecule has 1 fully saturated rings. The van der Waals surface area contributed by atoms with Crippen LogP contribution in [0.1, 0.15) is 24.6 Å². The summed E-state index contributed by atoms with van der Waals surface area (Å²) in [5.41, 5.74) is 8.27. The predicted molar refractivity (Wildman–Crippen MR) is 118 cm³/mol. The van der Waals surface area contributed by atoms with Crippen molar-refractivity contribution in [2.75, 3.05) is 18.9 Å². The molecule has 33 heavy (non-hydrogen) atoms. The summed E-state index contributed by atoms with van der Waals surface area (Å²) in [7, 11) is 0.